The lowest BCUT2D eigenvalue weighted by Gasteiger charge is -2.16. The van der Waals surface area contributed by atoms with E-state index in [0.717, 1.165) is 5.01 Å². The predicted octanol–water partition coefficient (Wildman–Crippen LogP) is -0.538. The Morgan fingerprint density at radius 1 is 1.48 bits per heavy atom. The molecule has 1 amide bonds. The third-order valence-electron chi connectivity index (χ3n) is 3.58. The van der Waals surface area contributed by atoms with Gasteiger partial charge in [0.25, 0.3) is 5.91 Å². The molecule has 0 aromatic carbocycles. The number of rotatable bonds is 4. The molecular weight excluding hydrogens is 294 g/mol. The number of hydrogen-bond acceptors (Lipinski definition) is 7. The minimum absolute atomic E-state index is 0.226. The number of ether oxygens (including phenoxy) is 2. The summed E-state index contributed by atoms with van der Waals surface area (Å²) in [5.74, 6) is -0.226. The number of aromatic nitrogens is 1. The molecule has 2 aliphatic rings. The summed E-state index contributed by atoms with van der Waals surface area (Å²) in [6.45, 7) is 1.32. The topological polar surface area (TPSA) is 83.9 Å². The number of hydrogen-bond donors (Lipinski definition) is 2. The van der Waals surface area contributed by atoms with Crippen molar-refractivity contribution in [1.82, 2.24) is 15.2 Å². The monoisotopic (exact) mass is 313 g/mol. The van der Waals surface area contributed by atoms with Crippen LogP contribution in [0.5, 0.6) is 0 Å². The van der Waals surface area contributed by atoms with Crippen molar-refractivity contribution in [2.45, 2.75) is 30.9 Å². The van der Waals surface area contributed by atoms with Gasteiger partial charge in [0.15, 0.2) is 0 Å². The molecule has 2 saturated heterocycles. The summed E-state index contributed by atoms with van der Waals surface area (Å²) < 4.78 is 11.0. The van der Waals surface area contributed by atoms with E-state index in [-0.39, 0.29) is 30.8 Å². The molecule has 2 N–H and O–H groups in total. The van der Waals surface area contributed by atoms with E-state index >= 15 is 0 Å². The molecule has 21 heavy (non-hydrogen) atoms. The van der Waals surface area contributed by atoms with Crippen LogP contribution in [-0.4, -0.2) is 72.6 Å². The van der Waals surface area contributed by atoms with Gasteiger partial charge in [-0.05, 0) is 14.1 Å². The highest BCUT2D eigenvalue weighted by Crippen LogP contribution is 2.27. The summed E-state index contributed by atoms with van der Waals surface area (Å²) in [6.07, 6.45) is -1.22. The second-order valence-electron chi connectivity index (χ2n) is 5.61. The molecule has 2 fully saturated rings. The lowest BCUT2D eigenvalue weighted by molar-refractivity contribution is 0.0178. The maximum absolute atomic E-state index is 12.2. The van der Waals surface area contributed by atoms with Gasteiger partial charge in [0.1, 0.15) is 29.0 Å². The number of fused-ring (bicyclic) bond motifs is 1. The Bertz CT molecular complexity index is 521. The summed E-state index contributed by atoms with van der Waals surface area (Å²) >= 11 is 1.47. The van der Waals surface area contributed by atoms with Crippen LogP contribution < -0.4 is 5.32 Å². The van der Waals surface area contributed by atoms with Crippen LogP contribution in [0.2, 0.25) is 0 Å². The highest BCUT2D eigenvalue weighted by molar-refractivity contribution is 7.09. The molecule has 3 rings (SSSR count). The molecular formula is C13H19N3O4S. The molecule has 8 heteroatoms. The Balaban J connectivity index is 1.60. The van der Waals surface area contributed by atoms with Gasteiger partial charge in [-0.2, -0.15) is 0 Å². The molecule has 1 aromatic rings. The first kappa shape index (κ1) is 14.9. The van der Waals surface area contributed by atoms with Crippen LogP contribution in [0.4, 0.5) is 0 Å². The van der Waals surface area contributed by atoms with E-state index in [4.69, 9.17) is 9.47 Å². The third-order valence-corrected chi connectivity index (χ3v) is 4.41. The Kier molecular flexibility index (Phi) is 4.23. The molecule has 4 atom stereocenters. The number of amides is 1. The van der Waals surface area contributed by atoms with Crippen molar-refractivity contribution in [3.05, 3.63) is 16.1 Å². The summed E-state index contributed by atoms with van der Waals surface area (Å²) in [7, 11) is 3.92. The molecule has 0 saturated carbocycles. The normalized spacial score (nSPS) is 31.6. The quantitative estimate of drug-likeness (QED) is 0.777. The summed E-state index contributed by atoms with van der Waals surface area (Å²) in [4.78, 5) is 18.5. The average molecular weight is 313 g/mol. The molecule has 0 spiro atoms. The number of carbonyl (C=O) groups excluding carboxylic acids is 1. The highest BCUT2D eigenvalue weighted by atomic mass is 32.1. The average Bonchev–Trinajstić information content (AvgIpc) is 3.09. The lowest BCUT2D eigenvalue weighted by Crippen LogP contribution is -2.44. The standard InChI is InChI=1S/C13H19N3O4S/c1-16(2)3-10-14-8(6-21-10)13(18)15-7-4-19-12-9(17)5-20-11(7)12/h6-7,9,11-12,17H,3-5H2,1-2H3,(H,15,18)/t7-,9+,11+,12+/m0/s1. The minimum atomic E-state index is -0.608. The van der Waals surface area contributed by atoms with Gasteiger partial charge in [-0.3, -0.25) is 4.79 Å². The van der Waals surface area contributed by atoms with E-state index in [2.05, 4.69) is 10.3 Å². The van der Waals surface area contributed by atoms with Gasteiger partial charge in [-0.15, -0.1) is 11.3 Å². The summed E-state index contributed by atoms with van der Waals surface area (Å²) in [6, 6.07) is -0.237. The second kappa shape index (κ2) is 5.98. The fraction of sp³-hybridized carbons (Fsp3) is 0.692. The van der Waals surface area contributed by atoms with Gasteiger partial charge in [0, 0.05) is 11.9 Å². The van der Waals surface area contributed by atoms with Crippen molar-refractivity contribution in [2.24, 2.45) is 0 Å². The van der Waals surface area contributed by atoms with Crippen molar-refractivity contribution in [2.75, 3.05) is 27.3 Å². The van der Waals surface area contributed by atoms with Gasteiger partial charge >= 0.3 is 0 Å². The predicted molar refractivity (Wildman–Crippen MR) is 76.2 cm³/mol. The van der Waals surface area contributed by atoms with Crippen LogP contribution in [0.25, 0.3) is 0 Å². The van der Waals surface area contributed by atoms with Crippen LogP contribution >= 0.6 is 11.3 Å². The fourth-order valence-corrected chi connectivity index (χ4v) is 3.49. The van der Waals surface area contributed by atoms with E-state index < -0.39 is 6.10 Å². The molecule has 3 heterocycles. The summed E-state index contributed by atoms with van der Waals surface area (Å²) in [5, 5.41) is 15.2. The van der Waals surface area contributed by atoms with Crippen molar-refractivity contribution in [3.63, 3.8) is 0 Å². The molecule has 116 valence electrons. The molecule has 0 aliphatic carbocycles. The minimum Gasteiger partial charge on any atom is -0.388 e. The zero-order chi connectivity index (χ0) is 15.0. The third kappa shape index (κ3) is 3.09. The van der Waals surface area contributed by atoms with Gasteiger partial charge in [0.2, 0.25) is 0 Å². The van der Waals surface area contributed by atoms with Gasteiger partial charge < -0.3 is 24.8 Å². The van der Waals surface area contributed by atoms with Crippen molar-refractivity contribution >= 4 is 17.2 Å². The van der Waals surface area contributed by atoms with Crippen molar-refractivity contribution in [1.29, 1.82) is 0 Å². The lowest BCUT2D eigenvalue weighted by atomic mass is 10.1. The maximum atomic E-state index is 12.2. The number of thiazole rings is 1. The number of aliphatic hydroxyl groups excluding tert-OH is 1. The Hall–Kier alpha value is -1.06. The second-order valence-corrected chi connectivity index (χ2v) is 6.55. The van der Waals surface area contributed by atoms with E-state index in [1.165, 1.54) is 11.3 Å². The maximum Gasteiger partial charge on any atom is 0.271 e. The van der Waals surface area contributed by atoms with Crippen LogP contribution in [-0.2, 0) is 16.0 Å². The Morgan fingerprint density at radius 3 is 3.00 bits per heavy atom. The van der Waals surface area contributed by atoms with E-state index in [1.54, 1.807) is 5.38 Å². The first-order valence-electron chi connectivity index (χ1n) is 6.86. The van der Waals surface area contributed by atoms with Crippen LogP contribution in [0.1, 0.15) is 15.5 Å². The van der Waals surface area contributed by atoms with Gasteiger partial charge in [-0.1, -0.05) is 0 Å². The Labute approximate surface area is 126 Å². The fourth-order valence-electron chi connectivity index (χ4n) is 2.60. The van der Waals surface area contributed by atoms with Gasteiger partial charge in [-0.25, -0.2) is 4.98 Å². The van der Waals surface area contributed by atoms with Gasteiger partial charge in [0.05, 0.1) is 19.3 Å². The largest absolute Gasteiger partial charge is 0.388 e. The molecule has 7 nitrogen and oxygen atoms in total. The zero-order valence-electron chi connectivity index (χ0n) is 12.0. The SMILES string of the molecule is CN(C)Cc1nc(C(=O)N[C@H]2CO[C@H]3[C@@H]2OC[C@H]3O)cs1. The van der Waals surface area contributed by atoms with Crippen LogP contribution in [0.15, 0.2) is 5.38 Å². The van der Waals surface area contributed by atoms with Crippen LogP contribution in [0, 0.1) is 0 Å². The van der Waals surface area contributed by atoms with E-state index in [0.29, 0.717) is 18.8 Å². The molecule has 0 bridgehead atoms. The molecule has 0 unspecified atom stereocenters. The highest BCUT2D eigenvalue weighted by Gasteiger charge is 2.47. The van der Waals surface area contributed by atoms with Crippen molar-refractivity contribution in [3.8, 4) is 0 Å². The molecule has 0 radical (unpaired) electrons. The molecule has 2 aliphatic heterocycles. The first-order valence-corrected chi connectivity index (χ1v) is 7.74. The number of nitrogens with zero attached hydrogens (tertiary/aromatic N) is 2. The smallest absolute Gasteiger partial charge is 0.271 e. The van der Waals surface area contributed by atoms with E-state index in [9.17, 15) is 9.90 Å². The van der Waals surface area contributed by atoms with E-state index in [1.807, 2.05) is 19.0 Å². The zero-order valence-corrected chi connectivity index (χ0v) is 12.8. The molecule has 1 aromatic heterocycles. The first-order chi connectivity index (χ1) is 10.0. The van der Waals surface area contributed by atoms with Crippen molar-refractivity contribution < 1.29 is 19.4 Å². The Morgan fingerprint density at radius 2 is 2.24 bits per heavy atom. The van der Waals surface area contributed by atoms with Crippen LogP contribution in [0.3, 0.4) is 0 Å². The number of nitrogens with one attached hydrogen (secondary N) is 1. The number of aliphatic hydroxyl groups is 1. The number of carbonyl (C=O) groups is 1. The summed E-state index contributed by atoms with van der Waals surface area (Å²) in [5.41, 5.74) is 0.416.